The molecule has 2 heterocycles. The van der Waals surface area contributed by atoms with Gasteiger partial charge in [0.2, 0.25) is 5.91 Å². The molecule has 1 aliphatic heterocycles. The standard InChI is InChI=1S/C21H16F2N2O4/c22-13-4-1-11(2-5-13)15-9-16(21(28)29)24-20-14(15)6-3-12(19(20)23)10-25-17(26)7-8-18(25)27/h1-6,9,17,26H,7-8,10H2,(H,28,29). The number of fused-ring (bicyclic) bond motifs is 1. The van der Waals surface area contributed by atoms with E-state index < -0.39 is 23.8 Å². The van der Waals surface area contributed by atoms with Crippen LogP contribution in [0, 0.1) is 11.6 Å². The lowest BCUT2D eigenvalue weighted by Gasteiger charge is -2.21. The Labute approximate surface area is 164 Å². The summed E-state index contributed by atoms with van der Waals surface area (Å²) in [6, 6.07) is 9.77. The van der Waals surface area contributed by atoms with E-state index in [4.69, 9.17) is 0 Å². The lowest BCUT2D eigenvalue weighted by atomic mass is 9.98. The number of aliphatic hydroxyl groups excluding tert-OH is 1. The number of halogens is 2. The Balaban J connectivity index is 1.87. The zero-order valence-electron chi connectivity index (χ0n) is 15.1. The molecular weight excluding hydrogens is 382 g/mol. The minimum absolute atomic E-state index is 0.117. The first-order valence-electron chi connectivity index (χ1n) is 8.94. The monoisotopic (exact) mass is 398 g/mol. The number of aromatic nitrogens is 1. The van der Waals surface area contributed by atoms with E-state index in [1.165, 1.54) is 41.3 Å². The molecule has 0 spiro atoms. The van der Waals surface area contributed by atoms with Gasteiger partial charge in [0.1, 0.15) is 23.3 Å². The molecule has 1 atom stereocenters. The van der Waals surface area contributed by atoms with E-state index in [0.29, 0.717) is 16.5 Å². The predicted molar refractivity (Wildman–Crippen MR) is 99.8 cm³/mol. The Kier molecular flexibility index (Phi) is 4.71. The van der Waals surface area contributed by atoms with E-state index in [0.717, 1.165) is 0 Å². The summed E-state index contributed by atoms with van der Waals surface area (Å²) < 4.78 is 28.5. The molecule has 1 saturated heterocycles. The van der Waals surface area contributed by atoms with E-state index in [9.17, 15) is 24.2 Å². The SMILES string of the molecule is O=C(O)c1cc(-c2ccc(F)cc2)c2ccc(CN3C(=O)CCC3O)c(F)c2n1. The number of carbonyl (C=O) groups excluding carboxylic acids is 1. The van der Waals surface area contributed by atoms with Crippen LogP contribution in [-0.4, -0.2) is 38.2 Å². The molecule has 0 radical (unpaired) electrons. The molecule has 2 N–H and O–H groups in total. The molecule has 1 aliphatic rings. The number of rotatable bonds is 4. The van der Waals surface area contributed by atoms with Crippen LogP contribution < -0.4 is 0 Å². The summed E-state index contributed by atoms with van der Waals surface area (Å²) in [5.41, 5.74) is 0.508. The van der Waals surface area contributed by atoms with Crippen LogP contribution in [0.2, 0.25) is 0 Å². The minimum atomic E-state index is -1.33. The highest BCUT2D eigenvalue weighted by atomic mass is 19.1. The van der Waals surface area contributed by atoms with Gasteiger partial charge < -0.3 is 15.1 Å². The van der Waals surface area contributed by atoms with E-state index >= 15 is 4.39 Å². The van der Waals surface area contributed by atoms with Gasteiger partial charge in [0.05, 0.1) is 6.54 Å². The molecule has 0 aliphatic carbocycles. The second-order valence-electron chi connectivity index (χ2n) is 6.84. The average molecular weight is 398 g/mol. The Morgan fingerprint density at radius 3 is 2.52 bits per heavy atom. The zero-order chi connectivity index (χ0) is 20.7. The number of pyridine rings is 1. The van der Waals surface area contributed by atoms with Crippen LogP contribution in [0.15, 0.2) is 42.5 Å². The summed E-state index contributed by atoms with van der Waals surface area (Å²) in [4.78, 5) is 28.5. The maximum Gasteiger partial charge on any atom is 0.354 e. The number of hydrogen-bond donors (Lipinski definition) is 2. The fraction of sp³-hybridized carbons (Fsp3) is 0.190. The Hall–Kier alpha value is -3.39. The lowest BCUT2D eigenvalue weighted by Crippen LogP contribution is -2.32. The van der Waals surface area contributed by atoms with Gasteiger partial charge >= 0.3 is 5.97 Å². The third kappa shape index (κ3) is 3.42. The predicted octanol–water partition coefficient (Wildman–Crippen LogP) is 3.32. The summed E-state index contributed by atoms with van der Waals surface area (Å²) in [7, 11) is 0. The Morgan fingerprint density at radius 1 is 1.17 bits per heavy atom. The molecule has 6 nitrogen and oxygen atoms in total. The first-order chi connectivity index (χ1) is 13.8. The summed E-state index contributed by atoms with van der Waals surface area (Å²) in [6.45, 7) is -0.146. The first-order valence-corrected chi connectivity index (χ1v) is 8.94. The molecule has 1 fully saturated rings. The van der Waals surface area contributed by atoms with Gasteiger partial charge in [-0.05, 0) is 29.3 Å². The van der Waals surface area contributed by atoms with Crippen LogP contribution in [0.1, 0.15) is 28.9 Å². The maximum atomic E-state index is 15.2. The van der Waals surface area contributed by atoms with Crippen LogP contribution in [0.3, 0.4) is 0 Å². The van der Waals surface area contributed by atoms with Gasteiger partial charge in [0, 0.05) is 23.8 Å². The van der Waals surface area contributed by atoms with Crippen LogP contribution in [0.5, 0.6) is 0 Å². The lowest BCUT2D eigenvalue weighted by molar-refractivity contribution is -0.134. The zero-order valence-corrected chi connectivity index (χ0v) is 15.1. The molecule has 1 amide bonds. The molecule has 0 saturated carbocycles. The number of nitrogens with zero attached hydrogens (tertiary/aromatic N) is 2. The molecule has 8 heteroatoms. The number of likely N-dealkylation sites (tertiary alicyclic amines) is 1. The van der Waals surface area contributed by atoms with E-state index in [1.807, 2.05) is 0 Å². The number of carbonyl (C=O) groups is 2. The van der Waals surface area contributed by atoms with Crippen molar-refractivity contribution in [1.82, 2.24) is 9.88 Å². The van der Waals surface area contributed by atoms with Crippen molar-refractivity contribution in [1.29, 1.82) is 0 Å². The van der Waals surface area contributed by atoms with Crippen molar-refractivity contribution in [3.05, 3.63) is 65.4 Å². The molecule has 3 aromatic rings. The number of carboxylic acids is 1. The molecule has 0 bridgehead atoms. The molecular formula is C21H16F2N2O4. The quantitative estimate of drug-likeness (QED) is 0.704. The van der Waals surface area contributed by atoms with Crippen LogP contribution in [0.25, 0.3) is 22.0 Å². The third-order valence-electron chi connectivity index (χ3n) is 5.01. The number of amides is 1. The highest BCUT2D eigenvalue weighted by Gasteiger charge is 2.30. The van der Waals surface area contributed by atoms with Crippen molar-refractivity contribution in [2.75, 3.05) is 0 Å². The number of carboxylic acid groups (broad SMARTS) is 1. The largest absolute Gasteiger partial charge is 0.477 e. The summed E-state index contributed by atoms with van der Waals surface area (Å²) in [6.07, 6.45) is -0.512. The van der Waals surface area contributed by atoms with Crippen LogP contribution in [-0.2, 0) is 11.3 Å². The Morgan fingerprint density at radius 2 is 1.90 bits per heavy atom. The highest BCUT2D eigenvalue weighted by molar-refractivity contribution is 5.99. The van der Waals surface area contributed by atoms with E-state index in [2.05, 4.69) is 4.98 Å². The molecule has 2 aromatic carbocycles. The second kappa shape index (κ2) is 7.21. The van der Waals surface area contributed by atoms with Crippen molar-refractivity contribution < 1.29 is 28.6 Å². The van der Waals surface area contributed by atoms with Gasteiger partial charge in [-0.1, -0.05) is 24.3 Å². The van der Waals surface area contributed by atoms with Gasteiger partial charge in [0.15, 0.2) is 5.82 Å². The molecule has 148 valence electrons. The molecule has 1 unspecified atom stereocenters. The minimum Gasteiger partial charge on any atom is -0.477 e. The van der Waals surface area contributed by atoms with E-state index in [1.54, 1.807) is 6.07 Å². The summed E-state index contributed by atoms with van der Waals surface area (Å²) in [5.74, 6) is -2.82. The van der Waals surface area contributed by atoms with Crippen molar-refractivity contribution in [3.63, 3.8) is 0 Å². The van der Waals surface area contributed by atoms with Gasteiger partial charge in [-0.15, -0.1) is 0 Å². The molecule has 4 rings (SSSR count). The van der Waals surface area contributed by atoms with Crippen molar-refractivity contribution in [3.8, 4) is 11.1 Å². The molecule has 1 aromatic heterocycles. The number of benzene rings is 2. The normalized spacial score (nSPS) is 16.6. The number of aliphatic hydroxyl groups is 1. The van der Waals surface area contributed by atoms with Gasteiger partial charge in [-0.2, -0.15) is 0 Å². The summed E-state index contributed by atoms with van der Waals surface area (Å²) >= 11 is 0. The first kappa shape index (κ1) is 18.9. The van der Waals surface area contributed by atoms with E-state index in [-0.39, 0.29) is 42.1 Å². The topological polar surface area (TPSA) is 90.7 Å². The third-order valence-corrected chi connectivity index (χ3v) is 5.01. The number of aromatic carboxylic acids is 1. The van der Waals surface area contributed by atoms with Crippen molar-refractivity contribution in [2.24, 2.45) is 0 Å². The van der Waals surface area contributed by atoms with Crippen molar-refractivity contribution >= 4 is 22.8 Å². The Bertz CT molecular complexity index is 1130. The second-order valence-corrected chi connectivity index (χ2v) is 6.84. The van der Waals surface area contributed by atoms with Gasteiger partial charge in [-0.25, -0.2) is 18.6 Å². The fourth-order valence-corrected chi connectivity index (χ4v) is 3.50. The number of hydrogen-bond acceptors (Lipinski definition) is 4. The van der Waals surface area contributed by atoms with Crippen LogP contribution >= 0.6 is 0 Å². The maximum absolute atomic E-state index is 15.2. The molecule has 29 heavy (non-hydrogen) atoms. The average Bonchev–Trinajstić information content (AvgIpc) is 3.02. The fourth-order valence-electron chi connectivity index (χ4n) is 3.50. The highest BCUT2D eigenvalue weighted by Crippen LogP contribution is 2.32. The van der Waals surface area contributed by atoms with Gasteiger partial charge in [-0.3, -0.25) is 4.79 Å². The smallest absolute Gasteiger partial charge is 0.354 e. The van der Waals surface area contributed by atoms with Gasteiger partial charge in [0.25, 0.3) is 0 Å². The van der Waals surface area contributed by atoms with Crippen LogP contribution in [0.4, 0.5) is 8.78 Å². The summed E-state index contributed by atoms with van der Waals surface area (Å²) in [5, 5.41) is 19.7. The van der Waals surface area contributed by atoms with Crippen molar-refractivity contribution in [2.45, 2.75) is 25.6 Å².